The van der Waals surface area contributed by atoms with Crippen LogP contribution in [-0.2, 0) is 33.1 Å². The number of thiophene rings is 2. The van der Waals surface area contributed by atoms with Crippen LogP contribution in [0.2, 0.25) is 0 Å². The smallest absolute Gasteiger partial charge is 0.260 e. The second-order valence-electron chi connectivity index (χ2n) is 16.1. The summed E-state index contributed by atoms with van der Waals surface area (Å²) in [5.74, 6) is -0.975. The van der Waals surface area contributed by atoms with Crippen molar-refractivity contribution in [2.75, 3.05) is 39.3 Å². The van der Waals surface area contributed by atoms with Crippen molar-refractivity contribution < 1.29 is 31.5 Å². The molecule has 352 valence electrons. The zero-order chi connectivity index (χ0) is 46.0. The molecule has 6 N–H and O–H groups in total. The van der Waals surface area contributed by atoms with Crippen molar-refractivity contribution in [2.24, 2.45) is 0 Å². The van der Waals surface area contributed by atoms with Crippen molar-refractivity contribution in [3.63, 3.8) is 0 Å². The minimum Gasteiger partial charge on any atom is -0.507 e. The predicted octanol–water partition coefficient (Wildman–Crippen LogP) is 6.40. The standard InChI is InChI=1S/C23H33N3O4S2.C22H32N4O4S2/c1-2-3-4-7-14-24-18-12-15-26(16-13-18)32(29,30)22-11-10-19(31-22)17-25-23(28)20-8-5-6-9-21(20)27;1-2-3-4-5-12-23-17-10-14-26(15-11-17)32(29,30)20-9-8-18(31-20)16-25-22(28)19-7-6-13-24-21(19)27/h5-6,8-11,18,24,27H,2-4,7,12-17H2,1H3,(H,25,28);6-9,13,17,23H,2-5,10-12,14-16H2,1H3,(H,24,27)(H,25,28). The predicted molar refractivity (Wildman–Crippen MR) is 254 cm³/mol. The Labute approximate surface area is 386 Å². The number of rotatable bonds is 22. The number of sulfonamides is 2. The molecule has 4 aromatic rings. The first kappa shape index (κ1) is 51.0. The van der Waals surface area contributed by atoms with Gasteiger partial charge < -0.3 is 31.4 Å². The van der Waals surface area contributed by atoms with Crippen molar-refractivity contribution in [3.05, 3.63) is 98.1 Å². The molecule has 19 heteroatoms. The summed E-state index contributed by atoms with van der Waals surface area (Å²) in [5.41, 5.74) is -0.240. The molecule has 0 saturated carbocycles. The van der Waals surface area contributed by atoms with Crippen molar-refractivity contribution >= 4 is 54.5 Å². The monoisotopic (exact) mass is 959 g/mol. The number of nitrogens with one attached hydrogen (secondary N) is 5. The first-order valence-corrected chi connectivity index (χ1v) is 27.0. The van der Waals surface area contributed by atoms with Crippen LogP contribution in [0.4, 0.5) is 0 Å². The van der Waals surface area contributed by atoms with Crippen LogP contribution >= 0.6 is 22.7 Å². The highest BCUT2D eigenvalue weighted by Crippen LogP contribution is 2.29. The number of para-hydroxylation sites is 1. The van der Waals surface area contributed by atoms with Gasteiger partial charge in [-0.15, -0.1) is 22.7 Å². The highest BCUT2D eigenvalue weighted by molar-refractivity contribution is 7.91. The Hall–Kier alpha value is -3.95. The fourth-order valence-corrected chi connectivity index (χ4v) is 13.4. The number of piperidine rings is 2. The maximum absolute atomic E-state index is 13.0. The Morgan fingerprint density at radius 3 is 1.55 bits per heavy atom. The number of aromatic amines is 1. The lowest BCUT2D eigenvalue weighted by Crippen LogP contribution is -2.44. The number of unbranched alkanes of at least 4 members (excludes halogenated alkanes) is 6. The Morgan fingerprint density at radius 1 is 0.641 bits per heavy atom. The fourth-order valence-electron chi connectivity index (χ4n) is 7.55. The Morgan fingerprint density at radius 2 is 1.09 bits per heavy atom. The zero-order valence-electron chi connectivity index (χ0n) is 37.0. The lowest BCUT2D eigenvalue weighted by atomic mass is 10.1. The third kappa shape index (κ3) is 15.0. The topological polar surface area (TPSA) is 210 Å². The molecule has 2 saturated heterocycles. The summed E-state index contributed by atoms with van der Waals surface area (Å²) in [5, 5.41) is 22.3. The lowest BCUT2D eigenvalue weighted by Gasteiger charge is -2.31. The Balaban J connectivity index is 0.000000241. The summed E-state index contributed by atoms with van der Waals surface area (Å²) in [6.45, 7) is 8.82. The third-order valence-electron chi connectivity index (χ3n) is 11.4. The molecule has 5 heterocycles. The van der Waals surface area contributed by atoms with Gasteiger partial charge in [-0.05, 0) is 100 Å². The van der Waals surface area contributed by atoms with Gasteiger partial charge in [-0.25, -0.2) is 16.8 Å². The van der Waals surface area contributed by atoms with Gasteiger partial charge in [-0.1, -0.05) is 64.5 Å². The van der Waals surface area contributed by atoms with Crippen molar-refractivity contribution in [1.82, 2.24) is 34.9 Å². The summed E-state index contributed by atoms with van der Waals surface area (Å²) in [4.78, 5) is 40.1. The number of pyridine rings is 1. The van der Waals surface area contributed by atoms with Crippen molar-refractivity contribution in [3.8, 4) is 5.75 Å². The molecule has 6 rings (SSSR count). The number of phenolic OH excluding ortho intramolecular Hbond substituents is 1. The molecule has 0 spiro atoms. The van der Waals surface area contributed by atoms with Crippen LogP contribution in [0.5, 0.6) is 5.75 Å². The van der Waals surface area contributed by atoms with Crippen LogP contribution in [0.15, 0.2) is 80.1 Å². The van der Waals surface area contributed by atoms with E-state index in [-0.39, 0.29) is 34.2 Å². The quantitative estimate of drug-likeness (QED) is 0.0478. The summed E-state index contributed by atoms with van der Waals surface area (Å²) in [7, 11) is -7.06. The second kappa shape index (κ2) is 25.7. The largest absolute Gasteiger partial charge is 0.507 e. The first-order chi connectivity index (χ1) is 30.8. The second-order valence-corrected chi connectivity index (χ2v) is 22.8. The molecule has 0 bridgehead atoms. The van der Waals surface area contributed by atoms with E-state index in [0.29, 0.717) is 47.3 Å². The number of carbonyl (C=O) groups excluding carboxylic acids is 2. The van der Waals surface area contributed by atoms with Crippen LogP contribution in [0.1, 0.15) is 121 Å². The van der Waals surface area contributed by atoms with Crippen LogP contribution in [0.25, 0.3) is 0 Å². The van der Waals surface area contributed by atoms with Crippen molar-refractivity contribution in [1.29, 1.82) is 0 Å². The maximum Gasteiger partial charge on any atom is 0.260 e. The Kier molecular flexibility index (Phi) is 20.5. The number of carbonyl (C=O) groups is 2. The number of H-pyrrole nitrogens is 1. The van der Waals surface area contributed by atoms with Gasteiger partial charge >= 0.3 is 0 Å². The molecule has 2 aliphatic rings. The van der Waals surface area contributed by atoms with Crippen LogP contribution in [-0.4, -0.2) is 98.7 Å². The molecular weight excluding hydrogens is 895 g/mol. The molecule has 2 fully saturated rings. The molecule has 2 amide bonds. The van der Waals surface area contributed by atoms with E-state index in [9.17, 15) is 36.3 Å². The molecule has 15 nitrogen and oxygen atoms in total. The van der Waals surface area contributed by atoms with E-state index in [1.54, 1.807) is 57.1 Å². The lowest BCUT2D eigenvalue weighted by molar-refractivity contribution is 0.0941. The van der Waals surface area contributed by atoms with E-state index < -0.39 is 37.4 Å². The van der Waals surface area contributed by atoms with Crippen LogP contribution in [0.3, 0.4) is 0 Å². The molecule has 3 aromatic heterocycles. The van der Waals surface area contributed by atoms with Gasteiger partial charge in [0.1, 0.15) is 19.7 Å². The normalized spacial score (nSPS) is 15.7. The summed E-state index contributed by atoms with van der Waals surface area (Å²) < 4.78 is 55.8. The zero-order valence-corrected chi connectivity index (χ0v) is 40.2. The SMILES string of the molecule is CCCCCCNC1CCN(S(=O)(=O)c2ccc(CNC(=O)c3ccc[nH]c3=O)s2)CC1.CCCCCCNC1CCN(S(=O)(=O)c2ccc(CNC(=O)c3ccccc3O)s2)CC1. The van der Waals surface area contributed by atoms with Gasteiger partial charge in [0.15, 0.2) is 0 Å². The molecule has 0 aliphatic carbocycles. The summed E-state index contributed by atoms with van der Waals surface area (Å²) in [6.07, 6.45) is 14.5. The third-order valence-corrected chi connectivity index (χ3v) is 18.3. The van der Waals surface area contributed by atoms with Gasteiger partial charge in [0.2, 0.25) is 0 Å². The molecule has 2 aliphatic heterocycles. The van der Waals surface area contributed by atoms with E-state index in [2.05, 4.69) is 40.1 Å². The molecule has 0 radical (unpaired) electrons. The van der Waals surface area contributed by atoms with Gasteiger partial charge in [-0.2, -0.15) is 8.61 Å². The molecule has 64 heavy (non-hydrogen) atoms. The molecule has 0 atom stereocenters. The minimum atomic E-state index is -3.54. The van der Waals surface area contributed by atoms with E-state index >= 15 is 0 Å². The summed E-state index contributed by atoms with van der Waals surface area (Å²) in [6, 6.07) is 16.7. The van der Waals surface area contributed by atoms with E-state index in [4.69, 9.17) is 0 Å². The average molecular weight is 960 g/mol. The number of nitrogens with zero attached hydrogens (tertiary/aromatic N) is 2. The Bertz CT molecular complexity index is 2350. The number of amides is 2. The highest BCUT2D eigenvalue weighted by atomic mass is 32.3. The number of phenols is 1. The molecule has 0 unspecified atom stereocenters. The van der Waals surface area contributed by atoms with Gasteiger partial charge in [-0.3, -0.25) is 14.4 Å². The van der Waals surface area contributed by atoms with Gasteiger partial charge in [0.05, 0.1) is 18.7 Å². The number of hydrogen-bond acceptors (Lipinski definition) is 12. The molecular formula is C45H65N7O8S4. The number of benzene rings is 1. The van der Waals surface area contributed by atoms with Gasteiger partial charge in [0.25, 0.3) is 37.4 Å². The van der Waals surface area contributed by atoms with E-state index in [0.717, 1.165) is 55.0 Å². The van der Waals surface area contributed by atoms with E-state index in [1.165, 1.54) is 81.0 Å². The average Bonchev–Trinajstić information content (AvgIpc) is 4.00. The molecule has 1 aromatic carbocycles. The van der Waals surface area contributed by atoms with Crippen molar-refractivity contribution in [2.45, 2.75) is 124 Å². The first-order valence-electron chi connectivity index (χ1n) is 22.5. The number of aromatic nitrogens is 1. The maximum atomic E-state index is 13.0. The highest BCUT2D eigenvalue weighted by Gasteiger charge is 2.32. The van der Waals surface area contributed by atoms with Crippen LogP contribution < -0.4 is 26.8 Å². The minimum absolute atomic E-state index is 0.0266. The van der Waals surface area contributed by atoms with E-state index in [1.807, 2.05) is 0 Å². The number of aromatic hydroxyl groups is 1. The summed E-state index contributed by atoms with van der Waals surface area (Å²) >= 11 is 2.33. The number of hydrogen-bond donors (Lipinski definition) is 6. The fraction of sp³-hybridized carbons (Fsp3) is 0.533. The van der Waals surface area contributed by atoms with Crippen LogP contribution in [0, 0.1) is 0 Å². The van der Waals surface area contributed by atoms with Gasteiger partial charge in [0, 0.05) is 54.2 Å².